The van der Waals surface area contributed by atoms with Gasteiger partial charge in [-0.3, -0.25) is 9.59 Å². The molecule has 0 unspecified atom stereocenters. The molecule has 0 saturated carbocycles. The maximum atomic E-state index is 13.4. The molecule has 2 N–H and O–H groups in total. The molecule has 0 bridgehead atoms. The predicted octanol–water partition coefficient (Wildman–Crippen LogP) is 1.87. The maximum absolute atomic E-state index is 13.4. The number of aliphatic carboxylic acids is 1. The molecule has 0 aromatic heterocycles. The first-order valence-electron chi connectivity index (χ1n) is 6.98. The Morgan fingerprint density at radius 2 is 2.05 bits per heavy atom. The highest BCUT2D eigenvalue weighted by atomic mass is 19.1. The van der Waals surface area contributed by atoms with E-state index in [1.165, 1.54) is 6.07 Å². The van der Waals surface area contributed by atoms with E-state index >= 15 is 0 Å². The number of nitrogens with zero attached hydrogens (tertiary/aromatic N) is 1. The van der Waals surface area contributed by atoms with E-state index in [-0.39, 0.29) is 24.2 Å². The van der Waals surface area contributed by atoms with Gasteiger partial charge < -0.3 is 15.3 Å². The molecule has 114 valence electrons. The second kappa shape index (κ2) is 6.56. The van der Waals surface area contributed by atoms with Gasteiger partial charge in [0.2, 0.25) is 5.91 Å². The van der Waals surface area contributed by atoms with Crippen molar-refractivity contribution in [2.75, 3.05) is 25.0 Å². The molecular weight excluding hydrogens is 275 g/mol. The molecule has 6 heteroatoms. The summed E-state index contributed by atoms with van der Waals surface area (Å²) in [5, 5.41) is 11.8. The van der Waals surface area contributed by atoms with Crippen molar-refractivity contribution in [3.05, 3.63) is 29.6 Å². The van der Waals surface area contributed by atoms with Gasteiger partial charge in [-0.05, 0) is 37.5 Å². The van der Waals surface area contributed by atoms with Gasteiger partial charge >= 0.3 is 5.97 Å². The number of carbonyl (C=O) groups is 2. The molecule has 2 rings (SSSR count). The van der Waals surface area contributed by atoms with Gasteiger partial charge in [0.25, 0.3) is 0 Å². The molecule has 0 spiro atoms. The summed E-state index contributed by atoms with van der Waals surface area (Å²) in [5.41, 5.74) is 1.12. The number of hydrogen-bond donors (Lipinski definition) is 2. The minimum Gasteiger partial charge on any atom is -0.481 e. The van der Waals surface area contributed by atoms with E-state index < -0.39 is 5.97 Å². The third-order valence-electron chi connectivity index (χ3n) is 3.81. The Bertz CT molecular complexity index is 540. The monoisotopic (exact) mass is 294 g/mol. The van der Waals surface area contributed by atoms with Crippen LogP contribution in [0.2, 0.25) is 0 Å². The van der Waals surface area contributed by atoms with Gasteiger partial charge in [-0.1, -0.05) is 6.07 Å². The third-order valence-corrected chi connectivity index (χ3v) is 3.81. The SMILES string of the molecule is Cc1ccc(NCC(=O)N2CCC(C(=O)O)CC2)cc1F. The van der Waals surface area contributed by atoms with Gasteiger partial charge in [0.1, 0.15) is 5.82 Å². The number of rotatable bonds is 4. The second-order valence-corrected chi connectivity index (χ2v) is 5.31. The molecule has 1 heterocycles. The van der Waals surface area contributed by atoms with Crippen molar-refractivity contribution in [2.45, 2.75) is 19.8 Å². The van der Waals surface area contributed by atoms with E-state index in [0.29, 0.717) is 37.2 Å². The number of benzene rings is 1. The topological polar surface area (TPSA) is 69.6 Å². The summed E-state index contributed by atoms with van der Waals surface area (Å²) in [7, 11) is 0. The van der Waals surface area contributed by atoms with Crippen LogP contribution >= 0.6 is 0 Å². The number of carboxylic acids is 1. The van der Waals surface area contributed by atoms with Crippen LogP contribution in [0, 0.1) is 18.7 Å². The highest BCUT2D eigenvalue weighted by Crippen LogP contribution is 2.18. The first kappa shape index (κ1) is 15.3. The fraction of sp³-hybridized carbons (Fsp3) is 0.467. The Hall–Kier alpha value is -2.11. The summed E-state index contributed by atoms with van der Waals surface area (Å²) in [6.07, 6.45) is 0.973. The zero-order valence-electron chi connectivity index (χ0n) is 11.9. The van der Waals surface area contributed by atoms with Crippen LogP contribution in [0.25, 0.3) is 0 Å². The van der Waals surface area contributed by atoms with E-state index in [2.05, 4.69) is 5.32 Å². The normalized spacial score (nSPS) is 15.8. The van der Waals surface area contributed by atoms with Crippen LogP contribution in [0.3, 0.4) is 0 Å². The average molecular weight is 294 g/mol. The number of piperidine rings is 1. The molecule has 5 nitrogen and oxygen atoms in total. The van der Waals surface area contributed by atoms with E-state index in [0.717, 1.165) is 0 Å². The highest BCUT2D eigenvalue weighted by molar-refractivity contribution is 5.81. The van der Waals surface area contributed by atoms with E-state index in [4.69, 9.17) is 5.11 Å². The lowest BCUT2D eigenvalue weighted by atomic mass is 9.97. The van der Waals surface area contributed by atoms with Gasteiger partial charge in [0.05, 0.1) is 12.5 Å². The number of hydrogen-bond acceptors (Lipinski definition) is 3. The van der Waals surface area contributed by atoms with Crippen molar-refractivity contribution < 1.29 is 19.1 Å². The number of nitrogens with one attached hydrogen (secondary N) is 1. The number of aryl methyl sites for hydroxylation is 1. The van der Waals surface area contributed by atoms with Gasteiger partial charge in [-0.2, -0.15) is 0 Å². The number of carboxylic acid groups (broad SMARTS) is 1. The van der Waals surface area contributed by atoms with Crippen molar-refractivity contribution >= 4 is 17.6 Å². The Morgan fingerprint density at radius 3 is 2.62 bits per heavy atom. The zero-order valence-corrected chi connectivity index (χ0v) is 11.9. The van der Waals surface area contributed by atoms with Crippen molar-refractivity contribution in [3.63, 3.8) is 0 Å². The molecule has 1 aliphatic heterocycles. The number of carbonyl (C=O) groups excluding carboxylic acids is 1. The summed E-state index contributed by atoms with van der Waals surface area (Å²) < 4.78 is 13.4. The van der Waals surface area contributed by atoms with Gasteiger partial charge in [-0.15, -0.1) is 0 Å². The maximum Gasteiger partial charge on any atom is 0.306 e. The summed E-state index contributed by atoms with van der Waals surface area (Å²) in [4.78, 5) is 24.5. The third kappa shape index (κ3) is 3.93. The van der Waals surface area contributed by atoms with Crippen LogP contribution < -0.4 is 5.32 Å². The summed E-state index contributed by atoms with van der Waals surface area (Å²) >= 11 is 0. The molecule has 1 fully saturated rings. The van der Waals surface area contributed by atoms with Crippen molar-refractivity contribution in [1.82, 2.24) is 4.90 Å². The van der Waals surface area contributed by atoms with Crippen molar-refractivity contribution in [3.8, 4) is 0 Å². The molecule has 1 aliphatic rings. The molecule has 1 aromatic carbocycles. The summed E-state index contributed by atoms with van der Waals surface area (Å²) in [5.74, 6) is -1.56. The summed E-state index contributed by atoms with van der Waals surface area (Å²) in [6, 6.07) is 4.74. The number of likely N-dealkylation sites (tertiary alicyclic amines) is 1. The van der Waals surface area contributed by atoms with Crippen molar-refractivity contribution in [2.24, 2.45) is 5.92 Å². The highest BCUT2D eigenvalue weighted by Gasteiger charge is 2.26. The van der Waals surface area contributed by atoms with E-state index in [1.807, 2.05) is 0 Å². The summed E-state index contributed by atoms with van der Waals surface area (Å²) in [6.45, 7) is 2.68. The fourth-order valence-electron chi connectivity index (χ4n) is 2.37. The van der Waals surface area contributed by atoms with Gasteiger partial charge in [0.15, 0.2) is 0 Å². The number of amides is 1. The lowest BCUT2D eigenvalue weighted by molar-refractivity contribution is -0.145. The van der Waals surface area contributed by atoms with Crippen LogP contribution in [-0.4, -0.2) is 41.5 Å². The van der Waals surface area contributed by atoms with Crippen LogP contribution in [0.4, 0.5) is 10.1 Å². The average Bonchev–Trinajstić information content (AvgIpc) is 2.48. The minimum atomic E-state index is -0.796. The first-order chi connectivity index (χ1) is 9.97. The predicted molar refractivity (Wildman–Crippen MR) is 76.6 cm³/mol. The largest absolute Gasteiger partial charge is 0.481 e. The number of anilines is 1. The lowest BCUT2D eigenvalue weighted by Gasteiger charge is -2.30. The lowest BCUT2D eigenvalue weighted by Crippen LogP contribution is -2.42. The molecule has 21 heavy (non-hydrogen) atoms. The van der Waals surface area contributed by atoms with Crippen LogP contribution in [-0.2, 0) is 9.59 Å². The Kier molecular flexibility index (Phi) is 4.77. The van der Waals surface area contributed by atoms with Gasteiger partial charge in [0, 0.05) is 18.8 Å². The molecule has 1 saturated heterocycles. The smallest absolute Gasteiger partial charge is 0.306 e. The number of halogens is 1. The van der Waals surface area contributed by atoms with Crippen LogP contribution in [0.5, 0.6) is 0 Å². The second-order valence-electron chi connectivity index (χ2n) is 5.31. The fourth-order valence-corrected chi connectivity index (χ4v) is 2.37. The first-order valence-corrected chi connectivity index (χ1v) is 6.98. The van der Waals surface area contributed by atoms with E-state index in [1.54, 1.807) is 24.0 Å². The zero-order chi connectivity index (χ0) is 15.4. The van der Waals surface area contributed by atoms with Gasteiger partial charge in [-0.25, -0.2) is 4.39 Å². The molecular formula is C15H19FN2O3. The minimum absolute atomic E-state index is 0.0836. The molecule has 1 amide bonds. The Labute approximate surface area is 122 Å². The van der Waals surface area contributed by atoms with Crippen LogP contribution in [0.1, 0.15) is 18.4 Å². The van der Waals surface area contributed by atoms with E-state index in [9.17, 15) is 14.0 Å². The molecule has 0 radical (unpaired) electrons. The standard InChI is InChI=1S/C15H19FN2O3/c1-10-2-3-12(8-13(10)16)17-9-14(19)18-6-4-11(5-7-18)15(20)21/h2-3,8,11,17H,4-7,9H2,1H3,(H,20,21). The quantitative estimate of drug-likeness (QED) is 0.889. The van der Waals surface area contributed by atoms with Crippen LogP contribution in [0.15, 0.2) is 18.2 Å². The Morgan fingerprint density at radius 1 is 1.38 bits per heavy atom. The molecule has 0 atom stereocenters. The Balaban J connectivity index is 1.82. The molecule has 1 aromatic rings. The molecule has 0 aliphatic carbocycles. The van der Waals surface area contributed by atoms with Crippen molar-refractivity contribution in [1.29, 1.82) is 0 Å².